The van der Waals surface area contributed by atoms with Crippen LogP contribution in [0.5, 0.6) is 0 Å². The summed E-state index contributed by atoms with van der Waals surface area (Å²) < 4.78 is 84.2. The number of fused-ring (bicyclic) bond motifs is 2. The highest BCUT2D eigenvalue weighted by Crippen LogP contribution is 2.48. The van der Waals surface area contributed by atoms with Crippen molar-refractivity contribution in [3.05, 3.63) is 65.1 Å². The molecule has 0 radical (unpaired) electrons. The van der Waals surface area contributed by atoms with Crippen molar-refractivity contribution in [3.8, 4) is 11.8 Å². The summed E-state index contributed by atoms with van der Waals surface area (Å²) in [6.07, 6.45) is -7.39. The third-order valence-corrected chi connectivity index (χ3v) is 7.59. The van der Waals surface area contributed by atoms with Gasteiger partial charge in [-0.2, -0.15) is 31.6 Å². The molecular weight excluding hydrogens is 552 g/mol. The van der Waals surface area contributed by atoms with E-state index in [1.807, 2.05) is 30.3 Å². The third kappa shape index (κ3) is 5.32. The minimum Gasteiger partial charge on any atom is -0.340 e. The Labute approximate surface area is 231 Å². The van der Waals surface area contributed by atoms with E-state index in [2.05, 4.69) is 15.3 Å². The first-order valence-electron chi connectivity index (χ1n) is 12.9. The second-order valence-electron chi connectivity index (χ2n) is 10.5. The summed E-state index contributed by atoms with van der Waals surface area (Å²) in [6.45, 7) is 3.52. The number of hydrogen-bond donors (Lipinski definition) is 0. The lowest BCUT2D eigenvalue weighted by Crippen LogP contribution is -2.54. The van der Waals surface area contributed by atoms with Crippen molar-refractivity contribution in [2.45, 2.75) is 70.1 Å². The van der Waals surface area contributed by atoms with E-state index in [4.69, 9.17) is 0 Å². The Morgan fingerprint density at radius 2 is 1.83 bits per heavy atom. The fraction of sp³-hybridized carbons (Fsp3) is 0.444. The van der Waals surface area contributed by atoms with Crippen molar-refractivity contribution in [1.29, 1.82) is 5.26 Å². The van der Waals surface area contributed by atoms with Gasteiger partial charge in [-0.25, -0.2) is 9.67 Å². The third-order valence-electron chi connectivity index (χ3n) is 7.59. The molecule has 2 aromatic heterocycles. The number of carbonyl (C=O) groups excluding carboxylic acids is 1. The van der Waals surface area contributed by atoms with Gasteiger partial charge in [0.15, 0.2) is 0 Å². The average Bonchev–Trinajstić information content (AvgIpc) is 3.66. The summed E-state index contributed by atoms with van der Waals surface area (Å²) in [6, 6.07) is 8.39. The van der Waals surface area contributed by atoms with Crippen LogP contribution in [0.15, 0.2) is 42.6 Å². The number of rotatable bonds is 6. The van der Waals surface area contributed by atoms with Gasteiger partial charge in [0, 0.05) is 12.1 Å². The topological polar surface area (TPSA) is 90.9 Å². The van der Waals surface area contributed by atoms with Gasteiger partial charge >= 0.3 is 12.4 Å². The summed E-state index contributed by atoms with van der Waals surface area (Å²) in [5.41, 5.74) is -3.35. The highest BCUT2D eigenvalue weighted by atomic mass is 19.4. The lowest BCUT2D eigenvalue weighted by Gasteiger charge is -2.39. The smallest absolute Gasteiger partial charge is 0.340 e. The maximum Gasteiger partial charge on any atom is 0.433 e. The average molecular weight is 578 g/mol. The Morgan fingerprint density at radius 3 is 2.44 bits per heavy atom. The summed E-state index contributed by atoms with van der Waals surface area (Å²) >= 11 is 0. The van der Waals surface area contributed by atoms with Crippen molar-refractivity contribution in [2.24, 2.45) is 5.92 Å². The fourth-order valence-corrected chi connectivity index (χ4v) is 5.75. The lowest BCUT2D eigenvalue weighted by molar-refractivity contribution is -0.145. The molecule has 1 saturated heterocycles. The second kappa shape index (κ2) is 10.4. The number of nitriles is 1. The molecule has 3 atom stereocenters. The molecule has 3 heterocycles. The zero-order valence-electron chi connectivity index (χ0n) is 22.0. The van der Waals surface area contributed by atoms with Gasteiger partial charge in [0.05, 0.1) is 24.0 Å². The molecule has 1 amide bonds. The molecular formula is C27H25F6N7O. The predicted octanol–water partition coefficient (Wildman–Crippen LogP) is 5.37. The molecule has 2 fully saturated rings. The minimum absolute atomic E-state index is 0.0139. The molecule has 1 saturated carbocycles. The molecule has 2 aliphatic rings. The van der Waals surface area contributed by atoms with Gasteiger partial charge < -0.3 is 9.80 Å². The number of carbonyl (C=O) groups is 1. The van der Waals surface area contributed by atoms with Crippen molar-refractivity contribution >= 4 is 11.7 Å². The number of amides is 1. The molecule has 1 aliphatic carbocycles. The largest absolute Gasteiger partial charge is 0.433 e. The molecule has 216 valence electrons. The minimum atomic E-state index is -5.24. The number of nitrogens with zero attached hydrogens (tertiary/aromatic N) is 7. The van der Waals surface area contributed by atoms with Crippen LogP contribution in [0.4, 0.5) is 32.2 Å². The van der Waals surface area contributed by atoms with E-state index < -0.39 is 53.0 Å². The quantitative estimate of drug-likeness (QED) is 0.366. The van der Waals surface area contributed by atoms with E-state index in [-0.39, 0.29) is 24.6 Å². The van der Waals surface area contributed by atoms with Gasteiger partial charge in [-0.1, -0.05) is 23.4 Å². The van der Waals surface area contributed by atoms with E-state index in [9.17, 15) is 36.4 Å². The van der Waals surface area contributed by atoms with Crippen LogP contribution in [-0.2, 0) is 23.7 Å². The molecule has 1 aliphatic heterocycles. The van der Waals surface area contributed by atoms with E-state index >= 15 is 0 Å². The monoisotopic (exact) mass is 577 g/mol. The zero-order valence-corrected chi connectivity index (χ0v) is 22.0. The number of piperidine rings is 1. The van der Waals surface area contributed by atoms with E-state index in [0.29, 0.717) is 25.0 Å². The Morgan fingerprint density at radius 1 is 1.12 bits per heavy atom. The number of anilines is 1. The normalized spacial score (nSPS) is 20.5. The van der Waals surface area contributed by atoms with Crippen molar-refractivity contribution in [2.75, 3.05) is 4.90 Å². The first kappa shape index (κ1) is 28.4. The maximum absolute atomic E-state index is 14.1. The number of para-hydroxylation sites is 1. The molecule has 41 heavy (non-hydrogen) atoms. The second-order valence-corrected chi connectivity index (χ2v) is 10.5. The van der Waals surface area contributed by atoms with E-state index in [0.717, 1.165) is 5.69 Å². The van der Waals surface area contributed by atoms with Crippen LogP contribution in [0.3, 0.4) is 0 Å². The molecule has 2 bridgehead atoms. The van der Waals surface area contributed by atoms with Gasteiger partial charge in [-0.05, 0) is 57.2 Å². The number of hydrogen-bond acceptors (Lipinski definition) is 6. The summed E-state index contributed by atoms with van der Waals surface area (Å²) in [5, 5.41) is 17.9. The maximum atomic E-state index is 14.1. The van der Waals surface area contributed by atoms with Crippen LogP contribution in [0.2, 0.25) is 0 Å². The molecule has 14 heteroatoms. The van der Waals surface area contributed by atoms with Crippen molar-refractivity contribution < 1.29 is 31.1 Å². The summed E-state index contributed by atoms with van der Waals surface area (Å²) in [7, 11) is 0. The lowest BCUT2D eigenvalue weighted by atomic mass is 9.95. The van der Waals surface area contributed by atoms with E-state index in [1.165, 1.54) is 20.6 Å². The SMILES string of the molecule is CC(C)N(Cc1cn(-c2ccccc2)nn1)C(=O)[C@@H]1[C@H]2CC[C@H](C2)N1c1nc(C(F)(F)F)cc(C(F)(F)F)c1C#N. The van der Waals surface area contributed by atoms with Gasteiger partial charge in [-0.3, -0.25) is 4.79 Å². The van der Waals surface area contributed by atoms with Crippen LogP contribution < -0.4 is 4.90 Å². The molecule has 0 spiro atoms. The molecule has 8 nitrogen and oxygen atoms in total. The van der Waals surface area contributed by atoms with Gasteiger partial charge in [0.2, 0.25) is 5.91 Å². The van der Waals surface area contributed by atoms with Gasteiger partial charge in [-0.15, -0.1) is 5.10 Å². The van der Waals surface area contributed by atoms with Crippen LogP contribution in [0, 0.1) is 17.2 Å². The first-order chi connectivity index (χ1) is 19.3. The van der Waals surface area contributed by atoms with Crippen LogP contribution in [0.1, 0.15) is 55.6 Å². The Kier molecular flexibility index (Phi) is 7.17. The molecule has 0 N–H and O–H groups in total. The Hall–Kier alpha value is -4.15. The van der Waals surface area contributed by atoms with Crippen molar-refractivity contribution in [1.82, 2.24) is 24.9 Å². The highest BCUT2D eigenvalue weighted by molar-refractivity contribution is 5.87. The van der Waals surface area contributed by atoms with Crippen LogP contribution in [-0.4, -0.2) is 48.9 Å². The number of benzene rings is 1. The van der Waals surface area contributed by atoms with Crippen LogP contribution in [0.25, 0.3) is 5.69 Å². The first-order valence-corrected chi connectivity index (χ1v) is 12.9. The molecule has 5 rings (SSSR count). The number of halogens is 6. The summed E-state index contributed by atoms with van der Waals surface area (Å²) in [5.74, 6) is -1.58. The highest BCUT2D eigenvalue weighted by Gasteiger charge is 2.53. The zero-order chi connectivity index (χ0) is 29.7. The Balaban J connectivity index is 1.53. The Bertz CT molecular complexity index is 1480. The summed E-state index contributed by atoms with van der Waals surface area (Å²) in [4.78, 5) is 20.3. The number of pyridine rings is 1. The standard InChI is InChI=1S/C27H25F6N7O/c1-15(2)38(13-17-14-39(37-36-17)18-6-4-3-5-7-18)25(41)23-16-8-9-19(10-16)40(23)24-20(12-34)21(26(28,29)30)11-22(35-24)27(31,32)33/h3-7,11,14-16,19,23H,8-10,13H2,1-2H3/t16-,19+,23-/m0/s1. The van der Waals surface area contributed by atoms with Crippen molar-refractivity contribution in [3.63, 3.8) is 0 Å². The number of alkyl halides is 6. The fourth-order valence-electron chi connectivity index (χ4n) is 5.75. The molecule has 3 aromatic rings. The van der Waals surface area contributed by atoms with Crippen LogP contribution >= 0.6 is 0 Å². The molecule has 1 aromatic carbocycles. The molecule has 0 unspecified atom stereocenters. The predicted molar refractivity (Wildman–Crippen MR) is 133 cm³/mol. The van der Waals surface area contributed by atoms with E-state index in [1.54, 1.807) is 20.0 Å². The van der Waals surface area contributed by atoms with Gasteiger partial charge in [0.25, 0.3) is 0 Å². The van der Waals surface area contributed by atoms with Gasteiger partial charge in [0.1, 0.15) is 34.9 Å². The number of aromatic nitrogens is 4.